The summed E-state index contributed by atoms with van der Waals surface area (Å²) < 4.78 is 5.22. The van der Waals surface area contributed by atoms with Crippen LogP contribution in [0.15, 0.2) is 12.1 Å². The lowest BCUT2D eigenvalue weighted by molar-refractivity contribution is -0.145. The number of aromatic amines is 1. The molecule has 256 valence electrons. The topological polar surface area (TPSA) is 212 Å². The van der Waals surface area contributed by atoms with Gasteiger partial charge in [0, 0.05) is 48.1 Å². The molecule has 1 aromatic heterocycles. The van der Waals surface area contributed by atoms with Gasteiger partial charge in [-0.15, -0.1) is 0 Å². The molecule has 0 radical (unpaired) electrons. The highest BCUT2D eigenvalue weighted by Gasteiger charge is 2.39. The summed E-state index contributed by atoms with van der Waals surface area (Å²) in [6, 6.07) is 3.45. The number of nitrogens with zero attached hydrogens (tertiary/aromatic N) is 1. The average molecular weight is 640 g/mol. The van der Waals surface area contributed by atoms with E-state index in [1.165, 1.54) is 12.7 Å². The first-order chi connectivity index (χ1) is 21.1. The van der Waals surface area contributed by atoms with Crippen molar-refractivity contribution in [3.8, 4) is 0 Å². The van der Waals surface area contributed by atoms with Crippen LogP contribution in [0.1, 0.15) is 110 Å². The van der Waals surface area contributed by atoms with Gasteiger partial charge in [0.05, 0.1) is 12.6 Å². The Hall–Kier alpha value is -3.80. The minimum Gasteiger partial charge on any atom is -0.467 e. The van der Waals surface area contributed by atoms with E-state index in [1.807, 2.05) is 18.7 Å². The Balaban J connectivity index is 2.28. The fourth-order valence-corrected chi connectivity index (χ4v) is 6.65. The number of guanidine groups is 2. The number of H-pyrrole nitrogens is 1. The molecular formula is C34H57N9O3. The molecule has 0 aliphatic carbocycles. The normalized spacial score (nSPS) is 21.3. The highest BCUT2D eigenvalue weighted by Crippen LogP contribution is 2.42. The van der Waals surface area contributed by atoms with Gasteiger partial charge in [-0.05, 0) is 73.1 Å². The van der Waals surface area contributed by atoms with E-state index >= 15 is 0 Å². The zero-order valence-electron chi connectivity index (χ0n) is 29.3. The molecule has 46 heavy (non-hydrogen) atoms. The Morgan fingerprint density at radius 2 is 1.78 bits per heavy atom. The number of fused-ring (bicyclic) bond motifs is 3. The second-order valence-electron chi connectivity index (χ2n) is 15.5. The van der Waals surface area contributed by atoms with E-state index in [0.717, 1.165) is 27.7 Å². The zero-order chi connectivity index (χ0) is 34.8. The Morgan fingerprint density at radius 1 is 1.13 bits per heavy atom. The van der Waals surface area contributed by atoms with Crippen molar-refractivity contribution in [2.45, 2.75) is 122 Å². The van der Waals surface area contributed by atoms with Crippen molar-refractivity contribution < 1.29 is 14.3 Å². The maximum absolute atomic E-state index is 13.6. The Bertz CT molecular complexity index is 1460. The van der Waals surface area contributed by atoms with Gasteiger partial charge in [0.2, 0.25) is 5.91 Å². The molecule has 0 saturated carbocycles. The van der Waals surface area contributed by atoms with Gasteiger partial charge in [-0.1, -0.05) is 47.6 Å². The van der Waals surface area contributed by atoms with Crippen LogP contribution in [0.5, 0.6) is 0 Å². The number of hydrogen-bond acceptors (Lipinski definition) is 6. The summed E-state index contributed by atoms with van der Waals surface area (Å²) in [5.41, 5.74) is 21.5. The molecule has 2 aromatic rings. The van der Waals surface area contributed by atoms with E-state index in [4.69, 9.17) is 32.8 Å². The number of methoxy groups -OCH3 is 1. The number of carbonyl (C=O) groups excluding carboxylic acids is 2. The van der Waals surface area contributed by atoms with E-state index in [1.54, 1.807) is 0 Å². The molecule has 12 heteroatoms. The standard InChI is InChI=1S/C34H57N9O3/c1-31(2,3)20-16-22(32(4,5)6)26-21-18-24(28(45)46-9)41-25(44)19-34(39,12-10-14-40-29(35)36)13-11-15-43(30(37)38)33(7,8)27(21)42-23(26)17-20/h16-17,24,42H,10-15,18-19,39H2,1-9H3,(H3,37,38)(H,41,44)(H4,35,36,40)/t24-,34?/m0/s1. The van der Waals surface area contributed by atoms with Gasteiger partial charge in [0.15, 0.2) is 11.9 Å². The van der Waals surface area contributed by atoms with Gasteiger partial charge in [0.1, 0.15) is 6.04 Å². The number of rotatable bonds is 5. The highest BCUT2D eigenvalue weighted by molar-refractivity contribution is 5.92. The van der Waals surface area contributed by atoms with E-state index in [-0.39, 0.29) is 41.5 Å². The van der Waals surface area contributed by atoms with Gasteiger partial charge < -0.3 is 42.5 Å². The van der Waals surface area contributed by atoms with Crippen molar-refractivity contribution in [2.75, 3.05) is 20.2 Å². The first kappa shape index (κ1) is 36.7. The number of benzene rings is 1. The lowest BCUT2D eigenvalue weighted by Gasteiger charge is -2.40. The molecule has 1 aliphatic heterocycles. The number of amides is 1. The average Bonchev–Trinajstić information content (AvgIpc) is 3.29. The van der Waals surface area contributed by atoms with Crippen molar-refractivity contribution in [3.63, 3.8) is 0 Å². The van der Waals surface area contributed by atoms with Crippen LogP contribution in [0, 0.1) is 10.8 Å². The van der Waals surface area contributed by atoms with E-state index < -0.39 is 23.1 Å². The second kappa shape index (κ2) is 13.5. The van der Waals surface area contributed by atoms with E-state index in [0.29, 0.717) is 38.8 Å². The van der Waals surface area contributed by atoms with Crippen LogP contribution in [-0.4, -0.2) is 65.5 Å². The summed E-state index contributed by atoms with van der Waals surface area (Å²) in [6.07, 6.45) is 2.29. The van der Waals surface area contributed by atoms with E-state index in [9.17, 15) is 9.59 Å². The third kappa shape index (κ3) is 8.31. The van der Waals surface area contributed by atoms with Crippen molar-refractivity contribution in [1.29, 1.82) is 10.8 Å². The molecule has 0 bridgehead atoms. The van der Waals surface area contributed by atoms with Crippen LogP contribution in [-0.2, 0) is 37.1 Å². The minimum absolute atomic E-state index is 0.00699. The van der Waals surface area contributed by atoms with Crippen LogP contribution in [0.25, 0.3) is 10.9 Å². The first-order valence-electron chi connectivity index (χ1n) is 16.2. The Morgan fingerprint density at radius 3 is 2.33 bits per heavy atom. The molecule has 1 unspecified atom stereocenters. The summed E-state index contributed by atoms with van der Waals surface area (Å²) in [5.74, 6) is -1.10. The molecule has 2 heterocycles. The molecule has 0 fully saturated rings. The lowest BCUT2D eigenvalue weighted by atomic mass is 9.77. The van der Waals surface area contributed by atoms with Gasteiger partial charge in [-0.2, -0.15) is 0 Å². The predicted molar refractivity (Wildman–Crippen MR) is 185 cm³/mol. The number of nitrogens with two attached hydrogens (primary N) is 3. The van der Waals surface area contributed by atoms with Crippen molar-refractivity contribution in [2.24, 2.45) is 17.2 Å². The van der Waals surface area contributed by atoms with Crippen molar-refractivity contribution in [3.05, 3.63) is 34.5 Å². The molecular weight excluding hydrogens is 582 g/mol. The van der Waals surface area contributed by atoms with Crippen LogP contribution in [0.4, 0.5) is 0 Å². The lowest BCUT2D eigenvalue weighted by Crippen LogP contribution is -2.50. The van der Waals surface area contributed by atoms with Crippen molar-refractivity contribution >= 4 is 34.7 Å². The van der Waals surface area contributed by atoms with Crippen LogP contribution in [0.3, 0.4) is 0 Å². The Labute approximate surface area is 273 Å². The number of hydrogen-bond donors (Lipinski definition) is 8. The van der Waals surface area contributed by atoms with E-state index in [2.05, 4.69) is 69.3 Å². The molecule has 1 amide bonds. The van der Waals surface area contributed by atoms with Crippen molar-refractivity contribution in [1.82, 2.24) is 20.5 Å². The minimum atomic E-state index is -0.976. The fraction of sp³-hybridized carbons (Fsp3) is 0.647. The third-order valence-electron chi connectivity index (χ3n) is 9.22. The molecule has 12 nitrogen and oxygen atoms in total. The highest BCUT2D eigenvalue weighted by atomic mass is 16.5. The summed E-state index contributed by atoms with van der Waals surface area (Å²) in [5, 5.41) is 22.8. The first-order valence-corrected chi connectivity index (χ1v) is 16.2. The summed E-state index contributed by atoms with van der Waals surface area (Å²) in [4.78, 5) is 32.5. The quantitative estimate of drug-likeness (QED) is 0.105. The largest absolute Gasteiger partial charge is 0.467 e. The molecule has 11 N–H and O–H groups in total. The monoisotopic (exact) mass is 639 g/mol. The number of carbonyl (C=O) groups is 2. The maximum atomic E-state index is 13.6. The zero-order valence-corrected chi connectivity index (χ0v) is 29.3. The smallest absolute Gasteiger partial charge is 0.328 e. The number of ether oxygens (including phenoxy) is 1. The summed E-state index contributed by atoms with van der Waals surface area (Å²) >= 11 is 0. The second-order valence-corrected chi connectivity index (χ2v) is 15.5. The predicted octanol–water partition coefficient (Wildman–Crippen LogP) is 3.54. The number of esters is 1. The van der Waals surface area contributed by atoms with Crippen LogP contribution < -0.4 is 27.8 Å². The van der Waals surface area contributed by atoms with Gasteiger partial charge in [-0.25, -0.2) is 4.79 Å². The summed E-state index contributed by atoms with van der Waals surface area (Å²) in [6.45, 7) is 18.0. The Kier molecular flexibility index (Phi) is 10.8. The maximum Gasteiger partial charge on any atom is 0.328 e. The molecule has 2 atom stereocenters. The third-order valence-corrected chi connectivity index (χ3v) is 9.22. The summed E-state index contributed by atoms with van der Waals surface area (Å²) in [7, 11) is 1.32. The molecule has 1 aromatic carbocycles. The number of aromatic nitrogens is 1. The molecule has 3 rings (SSSR count). The van der Waals surface area contributed by atoms with Gasteiger partial charge in [0.25, 0.3) is 0 Å². The number of nitrogens with one attached hydrogen (secondary N) is 5. The molecule has 0 saturated heterocycles. The van der Waals surface area contributed by atoms with Gasteiger partial charge in [-0.3, -0.25) is 15.6 Å². The van der Waals surface area contributed by atoms with Crippen LogP contribution >= 0.6 is 0 Å². The molecule has 1 aliphatic rings. The molecule has 0 spiro atoms. The SMILES string of the molecule is COC(=O)[C@@H]1Cc2c([nH]c3cc(C(C)(C)C)cc(C(C)(C)C)c23)C(C)(C)N(C(=N)N)CCCC(N)(CCCNC(=N)N)CC(=O)N1. The van der Waals surface area contributed by atoms with Gasteiger partial charge >= 0.3 is 5.97 Å². The van der Waals surface area contributed by atoms with Crippen LogP contribution in [0.2, 0.25) is 0 Å². The fourth-order valence-electron chi connectivity index (χ4n) is 6.65.